The number of aryl methyl sites for hydroxylation is 2. The Bertz CT molecular complexity index is 507. The first-order valence-corrected chi connectivity index (χ1v) is 6.26. The molecule has 18 heavy (non-hydrogen) atoms. The van der Waals surface area contributed by atoms with Crippen molar-refractivity contribution in [3.8, 4) is 0 Å². The second kappa shape index (κ2) is 5.31. The van der Waals surface area contributed by atoms with Gasteiger partial charge in [-0.15, -0.1) is 0 Å². The summed E-state index contributed by atoms with van der Waals surface area (Å²) in [6, 6.07) is 9.62. The third-order valence-corrected chi connectivity index (χ3v) is 3.15. The minimum absolute atomic E-state index is 0.0754. The van der Waals surface area contributed by atoms with Crippen molar-refractivity contribution < 1.29 is 5.11 Å². The van der Waals surface area contributed by atoms with E-state index in [-0.39, 0.29) is 6.04 Å². The standard InChI is InChI=1S/C14H19N3O/c1-4-13(17-11(3)15-10(2)16-17)14(18)12-8-6-5-7-9-12/h5-9,13-14,18H,4H2,1-3H3. The van der Waals surface area contributed by atoms with Crippen molar-refractivity contribution >= 4 is 0 Å². The molecular formula is C14H19N3O. The summed E-state index contributed by atoms with van der Waals surface area (Å²) < 4.78 is 1.83. The van der Waals surface area contributed by atoms with E-state index in [9.17, 15) is 5.11 Å². The van der Waals surface area contributed by atoms with Crippen molar-refractivity contribution in [3.05, 3.63) is 47.5 Å². The van der Waals surface area contributed by atoms with Gasteiger partial charge in [-0.1, -0.05) is 37.3 Å². The third kappa shape index (κ3) is 2.43. The van der Waals surface area contributed by atoms with E-state index in [1.807, 2.05) is 55.8 Å². The van der Waals surface area contributed by atoms with Gasteiger partial charge >= 0.3 is 0 Å². The summed E-state index contributed by atoms with van der Waals surface area (Å²) in [7, 11) is 0. The molecule has 0 bridgehead atoms. The first kappa shape index (κ1) is 12.8. The highest BCUT2D eigenvalue weighted by molar-refractivity contribution is 5.18. The third-order valence-electron chi connectivity index (χ3n) is 3.15. The van der Waals surface area contributed by atoms with E-state index in [4.69, 9.17) is 0 Å². The number of aromatic nitrogens is 3. The van der Waals surface area contributed by atoms with Gasteiger partial charge in [-0.2, -0.15) is 5.10 Å². The lowest BCUT2D eigenvalue weighted by molar-refractivity contribution is 0.102. The van der Waals surface area contributed by atoms with Crippen LogP contribution in [0.1, 0.15) is 42.7 Å². The monoisotopic (exact) mass is 245 g/mol. The summed E-state index contributed by atoms with van der Waals surface area (Å²) >= 11 is 0. The van der Waals surface area contributed by atoms with E-state index in [1.54, 1.807) is 0 Å². The van der Waals surface area contributed by atoms with E-state index in [0.29, 0.717) is 0 Å². The van der Waals surface area contributed by atoms with Crippen molar-refractivity contribution in [2.75, 3.05) is 0 Å². The van der Waals surface area contributed by atoms with Gasteiger partial charge in [0, 0.05) is 0 Å². The maximum absolute atomic E-state index is 10.5. The molecular weight excluding hydrogens is 226 g/mol. The lowest BCUT2D eigenvalue weighted by Crippen LogP contribution is -2.19. The largest absolute Gasteiger partial charge is 0.386 e. The van der Waals surface area contributed by atoms with Gasteiger partial charge in [0.15, 0.2) is 0 Å². The highest BCUT2D eigenvalue weighted by atomic mass is 16.3. The fraction of sp³-hybridized carbons (Fsp3) is 0.429. The second-order valence-electron chi connectivity index (χ2n) is 4.48. The highest BCUT2D eigenvalue weighted by Crippen LogP contribution is 2.29. The molecule has 1 heterocycles. The number of nitrogens with zero attached hydrogens (tertiary/aromatic N) is 3. The molecule has 0 fully saturated rings. The molecule has 2 aromatic rings. The van der Waals surface area contributed by atoms with E-state index in [0.717, 1.165) is 23.6 Å². The average Bonchev–Trinajstić information content (AvgIpc) is 2.70. The molecule has 0 saturated carbocycles. The van der Waals surface area contributed by atoms with Crippen LogP contribution in [0.25, 0.3) is 0 Å². The van der Waals surface area contributed by atoms with E-state index in [2.05, 4.69) is 10.1 Å². The molecule has 0 radical (unpaired) electrons. The molecule has 0 aliphatic rings. The normalized spacial score (nSPS) is 14.4. The Kier molecular flexibility index (Phi) is 3.77. The van der Waals surface area contributed by atoms with Gasteiger partial charge in [0.05, 0.1) is 6.04 Å². The maximum Gasteiger partial charge on any atom is 0.147 e. The zero-order valence-electron chi connectivity index (χ0n) is 11.0. The van der Waals surface area contributed by atoms with Gasteiger partial charge in [-0.3, -0.25) is 0 Å². The minimum Gasteiger partial charge on any atom is -0.386 e. The second-order valence-corrected chi connectivity index (χ2v) is 4.48. The molecule has 2 atom stereocenters. The summed E-state index contributed by atoms with van der Waals surface area (Å²) in [5.74, 6) is 1.58. The van der Waals surface area contributed by atoms with E-state index < -0.39 is 6.10 Å². The Morgan fingerprint density at radius 2 is 1.89 bits per heavy atom. The van der Waals surface area contributed by atoms with Crippen LogP contribution in [0.5, 0.6) is 0 Å². The van der Waals surface area contributed by atoms with Crippen LogP contribution in [0, 0.1) is 13.8 Å². The molecule has 0 spiro atoms. The number of aliphatic hydroxyl groups is 1. The summed E-state index contributed by atoms with van der Waals surface area (Å²) in [4.78, 5) is 4.30. The fourth-order valence-corrected chi connectivity index (χ4v) is 2.25. The van der Waals surface area contributed by atoms with Crippen LogP contribution < -0.4 is 0 Å². The SMILES string of the molecule is CCC(C(O)c1ccccc1)n1nc(C)nc1C. The predicted octanol–water partition coefficient (Wildman–Crippen LogP) is 2.58. The highest BCUT2D eigenvalue weighted by Gasteiger charge is 2.23. The van der Waals surface area contributed by atoms with Crippen LogP contribution in [0.4, 0.5) is 0 Å². The van der Waals surface area contributed by atoms with Crippen LogP contribution in [-0.4, -0.2) is 19.9 Å². The van der Waals surface area contributed by atoms with Crippen LogP contribution in [-0.2, 0) is 0 Å². The summed E-state index contributed by atoms with van der Waals surface area (Å²) in [6.07, 6.45) is 0.246. The molecule has 1 aromatic heterocycles. The molecule has 1 aromatic carbocycles. The van der Waals surface area contributed by atoms with Crippen molar-refractivity contribution in [1.82, 2.24) is 14.8 Å². The quantitative estimate of drug-likeness (QED) is 0.900. The summed E-state index contributed by atoms with van der Waals surface area (Å²) in [5.41, 5.74) is 0.914. The van der Waals surface area contributed by atoms with Crippen LogP contribution in [0.2, 0.25) is 0 Å². The van der Waals surface area contributed by atoms with Gasteiger partial charge in [0.1, 0.15) is 17.8 Å². The topological polar surface area (TPSA) is 50.9 Å². The number of hydrogen-bond acceptors (Lipinski definition) is 3. The number of rotatable bonds is 4. The molecule has 0 aliphatic heterocycles. The molecule has 0 aliphatic carbocycles. The van der Waals surface area contributed by atoms with Crippen molar-refractivity contribution in [2.24, 2.45) is 0 Å². The summed E-state index contributed by atoms with van der Waals surface area (Å²) in [6.45, 7) is 5.83. The fourth-order valence-electron chi connectivity index (χ4n) is 2.25. The molecule has 2 rings (SSSR count). The molecule has 0 amide bonds. The Morgan fingerprint density at radius 3 is 2.39 bits per heavy atom. The van der Waals surface area contributed by atoms with E-state index in [1.165, 1.54) is 0 Å². The first-order valence-electron chi connectivity index (χ1n) is 6.26. The number of hydrogen-bond donors (Lipinski definition) is 1. The van der Waals surface area contributed by atoms with Gasteiger partial charge < -0.3 is 5.11 Å². The van der Waals surface area contributed by atoms with Crippen molar-refractivity contribution in [1.29, 1.82) is 0 Å². The predicted molar refractivity (Wildman–Crippen MR) is 70.2 cm³/mol. The zero-order valence-corrected chi connectivity index (χ0v) is 11.0. The molecule has 96 valence electrons. The van der Waals surface area contributed by atoms with Crippen molar-refractivity contribution in [2.45, 2.75) is 39.3 Å². The lowest BCUT2D eigenvalue weighted by Gasteiger charge is -2.23. The van der Waals surface area contributed by atoms with Crippen molar-refractivity contribution in [3.63, 3.8) is 0 Å². The van der Waals surface area contributed by atoms with Crippen LogP contribution in [0.15, 0.2) is 30.3 Å². The smallest absolute Gasteiger partial charge is 0.147 e. The van der Waals surface area contributed by atoms with E-state index >= 15 is 0 Å². The zero-order chi connectivity index (χ0) is 13.1. The van der Waals surface area contributed by atoms with Gasteiger partial charge in [0.2, 0.25) is 0 Å². The Hall–Kier alpha value is -1.68. The molecule has 2 unspecified atom stereocenters. The Morgan fingerprint density at radius 1 is 1.22 bits per heavy atom. The first-order chi connectivity index (χ1) is 8.63. The molecule has 4 heteroatoms. The van der Waals surface area contributed by atoms with Crippen LogP contribution in [0.3, 0.4) is 0 Å². The average molecular weight is 245 g/mol. The van der Waals surface area contributed by atoms with Gasteiger partial charge in [0.25, 0.3) is 0 Å². The molecule has 4 nitrogen and oxygen atoms in total. The minimum atomic E-state index is -0.559. The number of aliphatic hydroxyl groups excluding tert-OH is 1. The number of benzene rings is 1. The Labute approximate surface area is 107 Å². The Balaban J connectivity index is 2.32. The maximum atomic E-state index is 10.5. The van der Waals surface area contributed by atoms with Gasteiger partial charge in [-0.05, 0) is 25.8 Å². The van der Waals surface area contributed by atoms with Gasteiger partial charge in [-0.25, -0.2) is 9.67 Å². The lowest BCUT2D eigenvalue weighted by atomic mass is 10.0. The summed E-state index contributed by atoms with van der Waals surface area (Å²) in [5, 5.41) is 14.9. The van der Waals surface area contributed by atoms with Crippen LogP contribution >= 0.6 is 0 Å². The molecule has 1 N–H and O–H groups in total. The molecule has 0 saturated heterocycles.